The molecule has 2 heterocycles. The summed E-state index contributed by atoms with van der Waals surface area (Å²) in [5.41, 5.74) is 0.146. The number of hydrogen-bond donors (Lipinski definition) is 2. The van der Waals surface area contributed by atoms with Gasteiger partial charge in [-0.25, -0.2) is 8.42 Å². The van der Waals surface area contributed by atoms with Gasteiger partial charge in [-0.05, 0) is 26.7 Å². The van der Waals surface area contributed by atoms with Crippen molar-refractivity contribution >= 4 is 10.0 Å². The van der Waals surface area contributed by atoms with Gasteiger partial charge in [-0.15, -0.1) is 0 Å². The molecule has 2 N–H and O–H groups in total. The van der Waals surface area contributed by atoms with Gasteiger partial charge in [0.25, 0.3) is 10.0 Å². The largest absolute Gasteiger partial charge is 0.378 e. The maximum Gasteiger partial charge on any atom is 0.260 e. The summed E-state index contributed by atoms with van der Waals surface area (Å²) >= 11 is 0. The summed E-state index contributed by atoms with van der Waals surface area (Å²) in [6.45, 7) is 5.47. The fraction of sp³-hybridized carbons (Fsp3) is 0.769. The smallest absolute Gasteiger partial charge is 0.260 e. The molecule has 0 amide bonds. The van der Waals surface area contributed by atoms with Crippen molar-refractivity contribution in [1.82, 2.24) is 19.8 Å². The molecule has 0 bridgehead atoms. The summed E-state index contributed by atoms with van der Waals surface area (Å²) in [7, 11) is -3.59. The van der Waals surface area contributed by atoms with E-state index >= 15 is 0 Å². The molecule has 3 rings (SSSR count). The lowest BCUT2D eigenvalue weighted by Crippen LogP contribution is -2.55. The number of H-pyrrole nitrogens is 1. The summed E-state index contributed by atoms with van der Waals surface area (Å²) in [6.07, 6.45) is 3.92. The highest BCUT2D eigenvalue weighted by Gasteiger charge is 2.41. The highest BCUT2D eigenvalue weighted by atomic mass is 32.2. The third kappa shape index (κ3) is 2.98. The number of aromatic nitrogens is 2. The maximum atomic E-state index is 12.9. The normalized spacial score (nSPS) is 23.3. The number of ether oxygens (including phenoxy) is 1. The summed E-state index contributed by atoms with van der Waals surface area (Å²) in [5.74, 6) is 0. The average molecular weight is 314 g/mol. The van der Waals surface area contributed by atoms with Crippen LogP contribution in [-0.4, -0.2) is 54.3 Å². The fourth-order valence-electron chi connectivity index (χ4n) is 2.59. The Morgan fingerprint density at radius 2 is 2.29 bits per heavy atom. The molecule has 1 aliphatic carbocycles. The summed E-state index contributed by atoms with van der Waals surface area (Å²) in [4.78, 5) is 0. The van der Waals surface area contributed by atoms with Crippen LogP contribution in [0.3, 0.4) is 0 Å². The van der Waals surface area contributed by atoms with Crippen molar-refractivity contribution in [3.8, 4) is 0 Å². The van der Waals surface area contributed by atoms with Gasteiger partial charge in [-0.2, -0.15) is 9.40 Å². The van der Waals surface area contributed by atoms with E-state index in [9.17, 15) is 8.42 Å². The monoisotopic (exact) mass is 314 g/mol. The van der Waals surface area contributed by atoms with Crippen molar-refractivity contribution in [3.63, 3.8) is 0 Å². The van der Waals surface area contributed by atoms with Crippen molar-refractivity contribution in [3.05, 3.63) is 11.8 Å². The van der Waals surface area contributed by atoms with Crippen molar-refractivity contribution in [2.75, 3.05) is 19.8 Å². The molecule has 0 unspecified atom stereocenters. The van der Waals surface area contributed by atoms with Crippen molar-refractivity contribution < 1.29 is 13.2 Å². The van der Waals surface area contributed by atoms with Gasteiger partial charge in [-0.1, -0.05) is 0 Å². The zero-order valence-electron chi connectivity index (χ0n) is 12.4. The molecule has 1 aromatic rings. The van der Waals surface area contributed by atoms with Gasteiger partial charge >= 0.3 is 0 Å². The van der Waals surface area contributed by atoms with E-state index in [0.717, 1.165) is 12.8 Å². The number of nitrogens with zero attached hydrogens (tertiary/aromatic N) is 2. The van der Waals surface area contributed by atoms with Gasteiger partial charge in [0.15, 0.2) is 5.03 Å². The zero-order valence-corrected chi connectivity index (χ0v) is 13.2. The topological polar surface area (TPSA) is 87.3 Å². The molecule has 8 heteroatoms. The van der Waals surface area contributed by atoms with Crippen LogP contribution in [0.15, 0.2) is 11.2 Å². The third-order valence-corrected chi connectivity index (χ3v) is 6.08. The van der Waals surface area contributed by atoms with Crippen LogP contribution in [0.25, 0.3) is 0 Å². The Balaban J connectivity index is 1.85. The van der Waals surface area contributed by atoms with E-state index < -0.39 is 15.6 Å². The van der Waals surface area contributed by atoms with E-state index in [1.54, 1.807) is 6.20 Å². The van der Waals surface area contributed by atoms with Gasteiger partial charge in [0.05, 0.1) is 24.9 Å². The number of aromatic amines is 1. The lowest BCUT2D eigenvalue weighted by atomic mass is 10.1. The summed E-state index contributed by atoms with van der Waals surface area (Å²) in [6, 6.07) is 0.523. The molecular formula is C13H22N4O3S. The molecule has 21 heavy (non-hydrogen) atoms. The maximum absolute atomic E-state index is 12.9. The van der Waals surface area contributed by atoms with E-state index in [-0.39, 0.29) is 5.03 Å². The quantitative estimate of drug-likeness (QED) is 0.824. The lowest BCUT2D eigenvalue weighted by Gasteiger charge is -2.40. The van der Waals surface area contributed by atoms with E-state index in [1.807, 2.05) is 13.8 Å². The first-order valence-electron chi connectivity index (χ1n) is 7.27. The molecule has 2 aliphatic rings. The van der Waals surface area contributed by atoms with Gasteiger partial charge in [0.1, 0.15) is 0 Å². The standard InChI is InChI=1S/C13H22N4O3S/c1-13(2)9-20-6-5-17(13)21(18,19)12-10(8-15-16-12)7-14-11-3-4-11/h8,11,14H,3-7,9H2,1-2H3,(H,15,16). The predicted molar refractivity (Wildman–Crippen MR) is 77.2 cm³/mol. The molecule has 0 atom stereocenters. The first-order chi connectivity index (χ1) is 9.91. The zero-order chi connectivity index (χ0) is 15.1. The first kappa shape index (κ1) is 15.0. The summed E-state index contributed by atoms with van der Waals surface area (Å²) in [5, 5.41) is 10.1. The Kier molecular flexibility index (Phi) is 3.81. The SMILES string of the molecule is CC1(C)COCCN1S(=O)(=O)c1[nH]ncc1CNC1CC1. The number of rotatable bonds is 5. The number of hydrogen-bond acceptors (Lipinski definition) is 5. The second-order valence-electron chi connectivity index (χ2n) is 6.32. The van der Waals surface area contributed by atoms with Crippen LogP contribution >= 0.6 is 0 Å². The van der Waals surface area contributed by atoms with Crippen molar-refractivity contribution in [2.24, 2.45) is 0 Å². The van der Waals surface area contributed by atoms with E-state index in [4.69, 9.17) is 4.74 Å². The van der Waals surface area contributed by atoms with Crippen molar-refractivity contribution in [1.29, 1.82) is 0 Å². The highest BCUT2D eigenvalue weighted by Crippen LogP contribution is 2.28. The average Bonchev–Trinajstić information content (AvgIpc) is 3.11. The molecule has 1 aromatic heterocycles. The van der Waals surface area contributed by atoms with Crippen LogP contribution in [0.1, 0.15) is 32.3 Å². The van der Waals surface area contributed by atoms with Crippen LogP contribution in [0.4, 0.5) is 0 Å². The molecule has 118 valence electrons. The molecule has 0 aromatic carbocycles. The fourth-order valence-corrected chi connectivity index (χ4v) is 4.45. The minimum atomic E-state index is -3.59. The highest BCUT2D eigenvalue weighted by molar-refractivity contribution is 7.89. The van der Waals surface area contributed by atoms with E-state index in [1.165, 1.54) is 4.31 Å². The van der Waals surface area contributed by atoms with Gasteiger partial charge < -0.3 is 10.1 Å². The van der Waals surface area contributed by atoms with Crippen LogP contribution in [0.5, 0.6) is 0 Å². The van der Waals surface area contributed by atoms with E-state index in [2.05, 4.69) is 15.5 Å². The predicted octanol–water partition coefficient (Wildman–Crippen LogP) is 0.461. The molecule has 0 radical (unpaired) electrons. The van der Waals surface area contributed by atoms with Gasteiger partial charge in [0, 0.05) is 24.7 Å². The van der Waals surface area contributed by atoms with Crippen LogP contribution in [0, 0.1) is 0 Å². The van der Waals surface area contributed by atoms with Crippen LogP contribution < -0.4 is 5.32 Å². The Hall–Kier alpha value is -0.960. The molecular weight excluding hydrogens is 292 g/mol. The Labute approximate surface area is 125 Å². The minimum Gasteiger partial charge on any atom is -0.378 e. The van der Waals surface area contributed by atoms with E-state index in [0.29, 0.717) is 37.9 Å². The summed E-state index contributed by atoms with van der Waals surface area (Å²) < 4.78 is 32.7. The van der Waals surface area contributed by atoms with Crippen LogP contribution in [0.2, 0.25) is 0 Å². The molecule has 1 saturated heterocycles. The number of nitrogens with one attached hydrogen (secondary N) is 2. The third-order valence-electron chi connectivity index (χ3n) is 3.95. The second kappa shape index (κ2) is 5.35. The number of morpholine rings is 1. The minimum absolute atomic E-state index is 0.200. The molecule has 7 nitrogen and oxygen atoms in total. The Bertz CT molecular complexity index is 607. The first-order valence-corrected chi connectivity index (χ1v) is 8.71. The Morgan fingerprint density at radius 1 is 1.52 bits per heavy atom. The van der Waals surface area contributed by atoms with Crippen LogP contribution in [-0.2, 0) is 21.3 Å². The Morgan fingerprint density at radius 3 is 2.95 bits per heavy atom. The second-order valence-corrected chi connectivity index (χ2v) is 8.12. The van der Waals surface area contributed by atoms with Gasteiger partial charge in [0.2, 0.25) is 0 Å². The van der Waals surface area contributed by atoms with Crippen molar-refractivity contribution in [2.45, 2.75) is 49.8 Å². The van der Waals surface area contributed by atoms with Gasteiger partial charge in [-0.3, -0.25) is 5.10 Å². The lowest BCUT2D eigenvalue weighted by molar-refractivity contribution is -0.00784. The molecule has 0 spiro atoms. The molecule has 2 fully saturated rings. The molecule has 1 saturated carbocycles. The number of sulfonamides is 1. The molecule has 1 aliphatic heterocycles.